The average Bonchev–Trinajstić information content (AvgIpc) is 1.38. The molecule has 16 unspecified atom stereocenters. The molecule has 16 atom stereocenters. The standard InChI is InChI=1S/C60F18O2/c61-43-25-16-7-1-2-4-6-5-3(1)9-14-11(5)20-21-12(6)15-10(4)19-17-8(2)13(7)22-31(25)46(64)47(65)32(22)26(17)44(62)28(19)34-24(15)36-30(21)45(63)29(20)35-23(14)33(27(43)18(9)16)54(72)50(68)39-37(48(46,66)58(43,50)76)38-40-42-41(39)52(70,56(35,74)79-54)60(45,78)53(42,71)57(36,75)80-55(34,73)51(40,69)59(44,77)49(38,47)67. The van der Waals surface area contributed by atoms with Crippen LogP contribution in [0.2, 0.25) is 0 Å². The molecular formula is C60F18O2. The van der Waals surface area contributed by atoms with Crippen molar-refractivity contribution in [1.29, 1.82) is 0 Å². The Balaban J connectivity index is 1.16. The SMILES string of the molecule is FC12OC3(F)c4c5c6c7c8c9c%10c%11c%12c%13c%14c%15c%16c%17c%18c%19c%20c%21c(c1c4c1c%21c4c%21c%20c%17c%14c%21c%14c%13c%10c7c%14c4c61)C%19(F)C1(F)C2(F)c2c4c6c7c%10c2C3(F)C(F)(C58F)C%10(F)C9(F)C%11(F)C7(F)C(F)(C%15%12F)C6(F)C%16(F)OC%18(F)C41F. The van der Waals surface area contributed by atoms with Crippen molar-refractivity contribution < 1.29 is 88.5 Å². The van der Waals surface area contributed by atoms with Gasteiger partial charge < -0.3 is 0 Å². The van der Waals surface area contributed by atoms with Gasteiger partial charge in [-0.15, -0.1) is 0 Å². The van der Waals surface area contributed by atoms with Crippen molar-refractivity contribution in [1.82, 2.24) is 0 Å². The lowest BCUT2D eigenvalue weighted by Crippen LogP contribution is -2.84. The molecule has 2 heterocycles. The van der Waals surface area contributed by atoms with E-state index in [-0.39, 0.29) is 64.6 Å². The van der Waals surface area contributed by atoms with Crippen LogP contribution in [-0.4, -0.2) is 17.0 Å². The van der Waals surface area contributed by atoms with E-state index in [1.807, 2.05) is 0 Å². The van der Waals surface area contributed by atoms with E-state index in [0.717, 1.165) is 0 Å². The van der Waals surface area contributed by atoms with E-state index >= 15 is 79.0 Å². The Morgan fingerprint density at radius 3 is 0.575 bits per heavy atom. The van der Waals surface area contributed by atoms with Gasteiger partial charge in [0.1, 0.15) is 0 Å². The molecule has 0 aromatic heterocycles. The third-order valence-corrected chi connectivity index (χ3v) is 27.6. The summed E-state index contributed by atoms with van der Waals surface area (Å²) in [5.74, 6) is -22.1. The molecule has 0 fully saturated rings. The molecule has 2 aliphatic heterocycles. The minimum Gasteiger partial charge on any atom is -0.294 e. The molecule has 0 N–H and O–H groups in total. The Kier molecular flexibility index (Phi) is 3.12. The molecule has 0 saturated heterocycles. The van der Waals surface area contributed by atoms with Gasteiger partial charge in [0, 0.05) is 111 Å². The predicted molar refractivity (Wildman–Crippen MR) is 236 cm³/mol. The summed E-state index contributed by atoms with van der Waals surface area (Å²) < 4.78 is 394. The summed E-state index contributed by atoms with van der Waals surface area (Å²) in [7, 11) is 0. The quantitative estimate of drug-likeness (QED) is 0.111. The maximum absolute atomic E-state index is 21.5. The van der Waals surface area contributed by atoms with Crippen molar-refractivity contribution in [2.45, 2.75) is 103 Å². The maximum atomic E-state index is 21.5. The summed E-state index contributed by atoms with van der Waals surface area (Å²) >= 11 is 0. The van der Waals surface area contributed by atoms with Gasteiger partial charge in [-0.2, -0.15) is 0 Å². The zero-order valence-corrected chi connectivity index (χ0v) is 37.6. The molecule has 2 nitrogen and oxygen atoms in total. The Bertz CT molecular complexity index is 6110. The second-order valence-corrected chi connectivity index (χ2v) is 27.6. The molecule has 80 heavy (non-hydrogen) atoms. The highest BCUT2D eigenvalue weighted by atomic mass is 19.2. The second kappa shape index (κ2) is 6.97. The van der Waals surface area contributed by atoms with Gasteiger partial charge in [-0.05, 0) is 118 Å². The lowest BCUT2D eigenvalue weighted by atomic mass is 9.42. The van der Waals surface area contributed by atoms with E-state index in [1.165, 1.54) is 0 Å². The monoisotopic (exact) mass is 1090 g/mol. The molecule has 0 radical (unpaired) electrons. The van der Waals surface area contributed by atoms with Crippen LogP contribution in [0.5, 0.6) is 0 Å². The first-order valence-corrected chi connectivity index (χ1v) is 26.2. The van der Waals surface area contributed by atoms with Gasteiger partial charge in [-0.3, -0.25) is 9.47 Å². The van der Waals surface area contributed by atoms with Crippen LogP contribution >= 0.6 is 0 Å². The molecule has 0 spiro atoms. The molecule has 0 saturated carbocycles. The number of halogens is 18. The highest BCUT2D eigenvalue weighted by Crippen LogP contribution is 3.03. The first-order valence-electron chi connectivity index (χ1n) is 26.2. The molecular weight excluding hydrogens is 1090 g/mol. The Morgan fingerprint density at radius 2 is 0.325 bits per heavy atom. The highest BCUT2D eigenvalue weighted by Gasteiger charge is 3.15. The van der Waals surface area contributed by atoms with Gasteiger partial charge in [0.2, 0.25) is 79.4 Å². The van der Waals surface area contributed by atoms with E-state index in [1.54, 1.807) is 0 Å². The predicted octanol–water partition coefficient (Wildman–Crippen LogP) is 14.9. The molecule has 20 heteroatoms. The van der Waals surface area contributed by atoms with Crippen LogP contribution in [0.15, 0.2) is 0 Å². The molecule has 30 rings (SSSR count). The van der Waals surface area contributed by atoms with Crippen LogP contribution in [-0.2, 0) is 95.2 Å². The summed E-state index contributed by atoms with van der Waals surface area (Å²) in [5, 5.41) is -11.1. The van der Waals surface area contributed by atoms with Crippen molar-refractivity contribution in [3.8, 4) is 0 Å². The normalized spacial score (nSPS) is 53.9. The fourth-order valence-corrected chi connectivity index (χ4v) is 27.0. The zero-order valence-electron chi connectivity index (χ0n) is 37.6. The Labute approximate surface area is 419 Å². The first kappa shape index (κ1) is 35.8. The second-order valence-electron chi connectivity index (χ2n) is 27.6. The molecule has 14 aromatic carbocycles. The van der Waals surface area contributed by atoms with Gasteiger partial charge in [0.15, 0.2) is 0 Å². The topological polar surface area (TPSA) is 18.5 Å². The van der Waals surface area contributed by atoms with Crippen LogP contribution in [0.1, 0.15) is 100 Å². The van der Waals surface area contributed by atoms with Crippen molar-refractivity contribution in [2.24, 2.45) is 0 Å². The van der Waals surface area contributed by atoms with E-state index in [9.17, 15) is 0 Å². The third kappa shape index (κ3) is 1.57. The molecule has 14 aromatic rings. The van der Waals surface area contributed by atoms with Crippen LogP contribution in [0.3, 0.4) is 0 Å². The minimum absolute atomic E-state index is 0.0644. The van der Waals surface area contributed by atoms with Crippen LogP contribution in [0.4, 0.5) is 79.0 Å². The lowest BCUT2D eigenvalue weighted by Gasteiger charge is -2.67. The Hall–Kier alpha value is -6.80. The van der Waals surface area contributed by atoms with E-state index in [0.29, 0.717) is 0 Å². The fourth-order valence-electron chi connectivity index (χ4n) is 27.0. The average molecular weight is 1090 g/mol. The van der Waals surface area contributed by atoms with Gasteiger partial charge in [0.05, 0.1) is 0 Å². The number of rotatable bonds is 0. The van der Waals surface area contributed by atoms with E-state index < -0.39 is 268 Å². The fraction of sp³-hybridized carbons (Fsp3) is 0.300. The summed E-state index contributed by atoms with van der Waals surface area (Å²) in [6.07, 6.45) is 0. The van der Waals surface area contributed by atoms with Gasteiger partial charge in [-0.1, -0.05) is 0 Å². The Morgan fingerprint density at radius 1 is 0.150 bits per heavy atom. The number of hydrogen-bond donors (Lipinski definition) is 0. The number of alkyl halides is 18. The van der Waals surface area contributed by atoms with Gasteiger partial charge in [-0.25, -0.2) is 79.0 Å². The minimum atomic E-state index is -6.18. The molecule has 0 amide bonds. The van der Waals surface area contributed by atoms with Crippen molar-refractivity contribution in [2.75, 3.05) is 0 Å². The largest absolute Gasteiger partial charge is 0.294 e. The number of fused-ring (bicyclic) bond motifs is 11. The van der Waals surface area contributed by atoms with Crippen molar-refractivity contribution >= 4 is 129 Å². The van der Waals surface area contributed by atoms with Crippen molar-refractivity contribution in [3.05, 3.63) is 100 Å². The lowest BCUT2D eigenvalue weighted by molar-refractivity contribution is -0.451. The molecule has 16 aliphatic rings. The highest BCUT2D eigenvalue weighted by molar-refractivity contribution is 6.68. The summed E-state index contributed by atoms with van der Waals surface area (Å²) in [4.78, 5) is 0. The summed E-state index contributed by atoms with van der Waals surface area (Å²) in [6.45, 7) is 0. The van der Waals surface area contributed by atoms with Crippen LogP contribution in [0.25, 0.3) is 129 Å². The van der Waals surface area contributed by atoms with E-state index in [4.69, 9.17) is 9.47 Å². The maximum Gasteiger partial charge on any atom is 0.281 e. The number of benzene rings is 11. The van der Waals surface area contributed by atoms with Gasteiger partial charge >= 0.3 is 0 Å². The van der Waals surface area contributed by atoms with Crippen molar-refractivity contribution in [3.63, 3.8) is 0 Å². The summed E-state index contributed by atoms with van der Waals surface area (Å²) in [5.41, 5.74) is -118. The zero-order chi connectivity index (χ0) is 52.7. The van der Waals surface area contributed by atoms with Gasteiger partial charge in [0.25, 0.3) is 23.4 Å². The van der Waals surface area contributed by atoms with Crippen LogP contribution in [0, 0.1) is 0 Å². The molecule has 14 aliphatic carbocycles. The number of ether oxygens (including phenoxy) is 2. The third-order valence-electron chi connectivity index (χ3n) is 27.6. The van der Waals surface area contributed by atoms with Crippen LogP contribution < -0.4 is 0 Å². The first-order chi connectivity index (χ1) is 37.6. The number of hydrogen-bond acceptors (Lipinski definition) is 2. The molecule has 378 valence electrons. The summed E-state index contributed by atoms with van der Waals surface area (Å²) in [6, 6.07) is 0. The van der Waals surface area contributed by atoms with E-state index in [2.05, 4.69) is 0 Å². The molecule has 0 bridgehead atoms. The smallest absolute Gasteiger partial charge is 0.281 e.